The highest BCUT2D eigenvalue weighted by Crippen LogP contribution is 2.33. The maximum atomic E-state index is 11.9. The van der Waals surface area contributed by atoms with Gasteiger partial charge in [0.2, 0.25) is 0 Å². The Morgan fingerprint density at radius 2 is 2.07 bits per heavy atom. The van der Waals surface area contributed by atoms with Crippen molar-refractivity contribution in [3.05, 3.63) is 0 Å². The summed E-state index contributed by atoms with van der Waals surface area (Å²) in [6.07, 6.45) is 2.75. The van der Waals surface area contributed by atoms with E-state index >= 15 is 0 Å². The molecule has 0 spiro atoms. The zero-order valence-corrected chi connectivity index (χ0v) is 8.98. The second-order valence-corrected chi connectivity index (χ2v) is 4.23. The maximum absolute atomic E-state index is 11.9. The molecule has 1 aliphatic carbocycles. The quantitative estimate of drug-likeness (QED) is 0.673. The molecule has 0 radical (unpaired) electrons. The van der Waals surface area contributed by atoms with Gasteiger partial charge in [0.05, 0.1) is 0 Å². The molecule has 5 heteroatoms. The number of carbonyl (C=O) groups is 2. The minimum absolute atomic E-state index is 0.0691. The van der Waals surface area contributed by atoms with Crippen LogP contribution < -0.4 is 5.73 Å². The summed E-state index contributed by atoms with van der Waals surface area (Å²) < 4.78 is 0. The van der Waals surface area contributed by atoms with Gasteiger partial charge in [-0.2, -0.15) is 0 Å². The Morgan fingerprint density at radius 1 is 1.40 bits per heavy atom. The molecule has 0 aromatic carbocycles. The van der Waals surface area contributed by atoms with Crippen LogP contribution in [0.4, 0.5) is 4.79 Å². The van der Waals surface area contributed by atoms with Crippen molar-refractivity contribution in [1.29, 1.82) is 0 Å². The molecule has 0 aromatic heterocycles. The van der Waals surface area contributed by atoms with Gasteiger partial charge in [0, 0.05) is 12.6 Å². The van der Waals surface area contributed by atoms with Gasteiger partial charge in [-0.25, -0.2) is 4.79 Å². The van der Waals surface area contributed by atoms with Crippen LogP contribution in [0.5, 0.6) is 0 Å². The average molecular weight is 211 g/mol. The minimum Gasteiger partial charge on any atom is -0.330 e. The lowest BCUT2D eigenvalue weighted by molar-refractivity contribution is -0.127. The first-order valence-electron chi connectivity index (χ1n) is 5.50. The number of rotatable bonds is 4. The van der Waals surface area contributed by atoms with Crippen LogP contribution in [0.15, 0.2) is 0 Å². The molecular weight excluding hydrogens is 194 g/mol. The van der Waals surface area contributed by atoms with Gasteiger partial charge in [0.1, 0.15) is 6.04 Å². The Bertz CT molecular complexity index is 288. The lowest BCUT2D eigenvalue weighted by Crippen LogP contribution is -2.36. The Morgan fingerprint density at radius 3 is 2.60 bits per heavy atom. The molecule has 0 aromatic rings. The Hall–Kier alpha value is -1.10. The number of nitrogens with two attached hydrogens (primary N) is 1. The zero-order valence-electron chi connectivity index (χ0n) is 8.98. The number of nitrogens with zero attached hydrogens (tertiary/aromatic N) is 2. The van der Waals surface area contributed by atoms with Crippen molar-refractivity contribution in [1.82, 2.24) is 9.80 Å². The Balaban J connectivity index is 2.06. The normalized spacial score (nSPS) is 26.7. The average Bonchev–Trinajstić information content (AvgIpc) is 2.99. The molecule has 15 heavy (non-hydrogen) atoms. The number of imide groups is 1. The summed E-state index contributed by atoms with van der Waals surface area (Å²) in [4.78, 5) is 26.8. The Kier molecular flexibility index (Phi) is 2.65. The second-order valence-electron chi connectivity index (χ2n) is 4.23. The monoisotopic (exact) mass is 211 g/mol. The summed E-state index contributed by atoms with van der Waals surface area (Å²) in [5.74, 6) is -0.0691. The molecule has 2 N–H and O–H groups in total. The highest BCUT2D eigenvalue weighted by Gasteiger charge is 2.48. The third kappa shape index (κ3) is 1.71. The largest absolute Gasteiger partial charge is 0.330 e. The van der Waals surface area contributed by atoms with E-state index in [4.69, 9.17) is 5.73 Å². The molecule has 0 bridgehead atoms. The van der Waals surface area contributed by atoms with Gasteiger partial charge in [-0.1, -0.05) is 0 Å². The molecular formula is C10H17N3O2. The summed E-state index contributed by atoms with van der Waals surface area (Å²) in [6, 6.07) is -0.0921. The molecule has 3 amide bonds. The predicted octanol–water partition coefficient (Wildman–Crippen LogP) is 0.150. The van der Waals surface area contributed by atoms with Gasteiger partial charge < -0.3 is 10.6 Å². The standard InChI is InChI=1S/C10H17N3O2/c1-7-9(14)12(6-2-5-11)10(15)13(7)8-3-4-8/h7-8H,2-6,11H2,1H3. The molecule has 84 valence electrons. The maximum Gasteiger partial charge on any atom is 0.327 e. The van der Waals surface area contributed by atoms with E-state index in [1.807, 2.05) is 0 Å². The minimum atomic E-state index is -0.275. The van der Waals surface area contributed by atoms with E-state index in [0.29, 0.717) is 25.6 Å². The fourth-order valence-electron chi connectivity index (χ4n) is 2.02. The molecule has 1 unspecified atom stereocenters. The lowest BCUT2D eigenvalue weighted by Gasteiger charge is -2.18. The Labute approximate surface area is 89.2 Å². The van der Waals surface area contributed by atoms with Crippen LogP contribution in [0.1, 0.15) is 26.2 Å². The van der Waals surface area contributed by atoms with E-state index < -0.39 is 0 Å². The summed E-state index contributed by atoms with van der Waals surface area (Å²) in [7, 11) is 0. The molecule has 1 saturated heterocycles. The van der Waals surface area contributed by atoms with Crippen LogP contribution in [-0.2, 0) is 4.79 Å². The highest BCUT2D eigenvalue weighted by molar-refractivity contribution is 6.04. The summed E-state index contributed by atoms with van der Waals surface area (Å²) in [5, 5.41) is 0. The van der Waals surface area contributed by atoms with Crippen LogP contribution in [0.2, 0.25) is 0 Å². The van der Waals surface area contributed by atoms with Crippen LogP contribution in [0.3, 0.4) is 0 Å². The molecule has 1 atom stereocenters. The number of hydrogen-bond donors (Lipinski definition) is 1. The molecule has 2 rings (SSSR count). The number of urea groups is 1. The summed E-state index contributed by atoms with van der Waals surface area (Å²) >= 11 is 0. The van der Waals surface area contributed by atoms with Crippen molar-refractivity contribution >= 4 is 11.9 Å². The highest BCUT2D eigenvalue weighted by atomic mass is 16.2. The van der Waals surface area contributed by atoms with E-state index in [0.717, 1.165) is 12.8 Å². The lowest BCUT2D eigenvalue weighted by atomic mass is 10.3. The van der Waals surface area contributed by atoms with Crippen molar-refractivity contribution in [2.24, 2.45) is 5.73 Å². The van der Waals surface area contributed by atoms with Crippen molar-refractivity contribution < 1.29 is 9.59 Å². The van der Waals surface area contributed by atoms with E-state index in [9.17, 15) is 9.59 Å². The van der Waals surface area contributed by atoms with Gasteiger partial charge in [-0.05, 0) is 32.7 Å². The van der Waals surface area contributed by atoms with Crippen LogP contribution in [0, 0.1) is 0 Å². The molecule has 2 aliphatic rings. The van der Waals surface area contributed by atoms with E-state index in [-0.39, 0.29) is 18.0 Å². The molecule has 2 fully saturated rings. The van der Waals surface area contributed by atoms with Crippen molar-refractivity contribution in [2.45, 2.75) is 38.3 Å². The van der Waals surface area contributed by atoms with Crippen molar-refractivity contribution in [3.8, 4) is 0 Å². The van der Waals surface area contributed by atoms with Gasteiger partial charge in [-0.3, -0.25) is 9.69 Å². The number of hydrogen-bond acceptors (Lipinski definition) is 3. The van der Waals surface area contributed by atoms with E-state index in [1.54, 1.807) is 11.8 Å². The zero-order chi connectivity index (χ0) is 11.0. The van der Waals surface area contributed by atoms with E-state index in [2.05, 4.69) is 0 Å². The van der Waals surface area contributed by atoms with Crippen LogP contribution >= 0.6 is 0 Å². The summed E-state index contributed by atoms with van der Waals surface area (Å²) in [6.45, 7) is 2.78. The molecule has 5 nitrogen and oxygen atoms in total. The van der Waals surface area contributed by atoms with Gasteiger partial charge in [0.15, 0.2) is 0 Å². The fourth-order valence-corrected chi connectivity index (χ4v) is 2.02. The number of amides is 3. The van der Waals surface area contributed by atoms with Gasteiger partial charge >= 0.3 is 6.03 Å². The molecule has 1 heterocycles. The SMILES string of the molecule is CC1C(=O)N(CCCN)C(=O)N1C1CC1. The van der Waals surface area contributed by atoms with Crippen molar-refractivity contribution in [2.75, 3.05) is 13.1 Å². The number of carbonyl (C=O) groups excluding carboxylic acids is 2. The topological polar surface area (TPSA) is 66.6 Å². The molecule has 1 saturated carbocycles. The fraction of sp³-hybridized carbons (Fsp3) is 0.800. The van der Waals surface area contributed by atoms with Crippen LogP contribution in [-0.4, -0.2) is 46.9 Å². The predicted molar refractivity (Wildman–Crippen MR) is 55.1 cm³/mol. The van der Waals surface area contributed by atoms with Crippen LogP contribution in [0.25, 0.3) is 0 Å². The first-order valence-corrected chi connectivity index (χ1v) is 5.50. The van der Waals surface area contributed by atoms with Gasteiger partial charge in [0.25, 0.3) is 5.91 Å². The second kappa shape index (κ2) is 3.81. The molecule has 1 aliphatic heterocycles. The smallest absolute Gasteiger partial charge is 0.327 e. The third-order valence-electron chi connectivity index (χ3n) is 3.02. The van der Waals surface area contributed by atoms with Crippen molar-refractivity contribution in [3.63, 3.8) is 0 Å². The van der Waals surface area contributed by atoms with Gasteiger partial charge in [-0.15, -0.1) is 0 Å². The first kappa shape index (κ1) is 10.4. The third-order valence-corrected chi connectivity index (χ3v) is 3.02. The van der Waals surface area contributed by atoms with E-state index in [1.165, 1.54) is 4.90 Å². The summed E-state index contributed by atoms with van der Waals surface area (Å²) in [5.41, 5.74) is 5.38. The first-order chi connectivity index (χ1) is 7.16.